The molecule has 9 heteroatoms. The van der Waals surface area contributed by atoms with Gasteiger partial charge < -0.3 is 16.0 Å². The minimum Gasteiger partial charge on any atom is -0.339 e. The maximum Gasteiger partial charge on any atom is 0.276 e. The fraction of sp³-hybridized carbons (Fsp3) is 0.0526. The lowest BCUT2D eigenvalue weighted by Crippen LogP contribution is -2.16. The van der Waals surface area contributed by atoms with Gasteiger partial charge in [0, 0.05) is 18.3 Å². The molecule has 0 bridgehead atoms. The predicted molar refractivity (Wildman–Crippen MR) is 100 cm³/mol. The number of halogens is 2. The van der Waals surface area contributed by atoms with Crippen molar-refractivity contribution in [2.75, 3.05) is 16.0 Å². The Bertz CT molecular complexity index is 1000. The second-order valence-corrected chi connectivity index (χ2v) is 5.72. The van der Waals surface area contributed by atoms with Crippen LogP contribution in [0.25, 0.3) is 0 Å². The molecule has 3 N–H and O–H groups in total. The van der Waals surface area contributed by atoms with Crippen molar-refractivity contribution < 1.29 is 18.4 Å². The largest absolute Gasteiger partial charge is 0.339 e. The molecule has 7 nitrogen and oxygen atoms in total. The van der Waals surface area contributed by atoms with Gasteiger partial charge in [0.2, 0.25) is 5.91 Å². The van der Waals surface area contributed by atoms with Crippen molar-refractivity contribution in [3.63, 3.8) is 0 Å². The summed E-state index contributed by atoms with van der Waals surface area (Å²) in [5.74, 6) is -2.43. The maximum atomic E-state index is 13.6. The summed E-state index contributed by atoms with van der Waals surface area (Å²) < 4.78 is 27.2. The normalized spacial score (nSPS) is 10.2. The summed E-state index contributed by atoms with van der Waals surface area (Å²) in [6.07, 6.45) is 2.48. The van der Waals surface area contributed by atoms with Crippen LogP contribution in [0.3, 0.4) is 0 Å². The summed E-state index contributed by atoms with van der Waals surface area (Å²) in [7, 11) is 0. The molecular weight excluding hydrogens is 368 g/mol. The second-order valence-electron chi connectivity index (χ2n) is 5.72. The monoisotopic (exact) mass is 383 g/mol. The van der Waals surface area contributed by atoms with Crippen molar-refractivity contribution in [2.24, 2.45) is 0 Å². The average Bonchev–Trinajstić information content (AvgIpc) is 2.65. The minimum absolute atomic E-state index is 0.111. The van der Waals surface area contributed by atoms with E-state index in [-0.39, 0.29) is 11.6 Å². The van der Waals surface area contributed by atoms with Crippen LogP contribution >= 0.6 is 0 Å². The van der Waals surface area contributed by atoms with Gasteiger partial charge in [0.25, 0.3) is 5.91 Å². The maximum absolute atomic E-state index is 13.6. The lowest BCUT2D eigenvalue weighted by Gasteiger charge is -2.09. The standard InChI is InChI=1S/C19H15F2N5O2/c1-11(27)24-12-4-2-5-13(8-12)25-17-10-22-16(9-23-17)19(28)26-18-14(20)6-3-7-15(18)21/h2-10H,1H3,(H,23,25)(H,24,27)(H,26,28). The van der Waals surface area contributed by atoms with Gasteiger partial charge in [-0.25, -0.2) is 18.7 Å². The molecule has 28 heavy (non-hydrogen) atoms. The second kappa shape index (κ2) is 8.21. The molecule has 0 spiro atoms. The van der Waals surface area contributed by atoms with Crippen LogP contribution in [0, 0.1) is 11.6 Å². The Morgan fingerprint density at radius 2 is 1.57 bits per heavy atom. The van der Waals surface area contributed by atoms with Gasteiger partial charge in [-0.3, -0.25) is 9.59 Å². The number of aromatic nitrogens is 2. The third-order valence-electron chi connectivity index (χ3n) is 3.54. The van der Waals surface area contributed by atoms with E-state index in [0.29, 0.717) is 17.2 Å². The summed E-state index contributed by atoms with van der Waals surface area (Å²) in [6.45, 7) is 1.41. The summed E-state index contributed by atoms with van der Waals surface area (Å²) in [6, 6.07) is 10.2. The number of amides is 2. The molecule has 1 heterocycles. The molecule has 0 saturated heterocycles. The summed E-state index contributed by atoms with van der Waals surface area (Å²) in [5.41, 5.74) is 0.589. The van der Waals surface area contributed by atoms with E-state index in [9.17, 15) is 18.4 Å². The zero-order valence-corrected chi connectivity index (χ0v) is 14.7. The lowest BCUT2D eigenvalue weighted by molar-refractivity contribution is -0.114. The van der Waals surface area contributed by atoms with Crippen LogP contribution in [0.15, 0.2) is 54.9 Å². The van der Waals surface area contributed by atoms with Gasteiger partial charge in [-0.05, 0) is 30.3 Å². The van der Waals surface area contributed by atoms with E-state index in [2.05, 4.69) is 25.9 Å². The molecule has 0 saturated carbocycles. The quantitative estimate of drug-likeness (QED) is 0.624. The average molecular weight is 383 g/mol. The summed E-state index contributed by atoms with van der Waals surface area (Å²) in [4.78, 5) is 31.3. The highest BCUT2D eigenvalue weighted by molar-refractivity contribution is 6.02. The predicted octanol–water partition coefficient (Wildman–Crippen LogP) is 3.71. The van der Waals surface area contributed by atoms with E-state index >= 15 is 0 Å². The Labute approximate surface area is 158 Å². The third-order valence-corrected chi connectivity index (χ3v) is 3.54. The topological polar surface area (TPSA) is 96.0 Å². The highest BCUT2D eigenvalue weighted by Gasteiger charge is 2.14. The number of carbonyl (C=O) groups is 2. The Morgan fingerprint density at radius 3 is 2.21 bits per heavy atom. The van der Waals surface area contributed by atoms with Crippen LogP contribution in [-0.2, 0) is 4.79 Å². The number of para-hydroxylation sites is 1. The Kier molecular flexibility index (Phi) is 5.54. The van der Waals surface area contributed by atoms with Crippen LogP contribution in [0.1, 0.15) is 17.4 Å². The van der Waals surface area contributed by atoms with Crippen LogP contribution < -0.4 is 16.0 Å². The van der Waals surface area contributed by atoms with Crippen molar-refractivity contribution in [1.82, 2.24) is 9.97 Å². The number of nitrogens with zero attached hydrogens (tertiary/aromatic N) is 2. The van der Waals surface area contributed by atoms with Crippen LogP contribution in [-0.4, -0.2) is 21.8 Å². The van der Waals surface area contributed by atoms with Crippen LogP contribution in [0.4, 0.5) is 31.7 Å². The number of rotatable bonds is 5. The highest BCUT2D eigenvalue weighted by Crippen LogP contribution is 2.20. The minimum atomic E-state index is -0.890. The number of benzene rings is 2. The molecule has 3 aromatic rings. The van der Waals surface area contributed by atoms with Gasteiger partial charge in [0.1, 0.15) is 28.8 Å². The molecule has 2 amide bonds. The van der Waals surface area contributed by atoms with E-state index in [1.165, 1.54) is 25.4 Å². The first-order chi connectivity index (χ1) is 13.4. The Morgan fingerprint density at radius 1 is 0.893 bits per heavy atom. The molecule has 142 valence electrons. The molecule has 0 aliphatic carbocycles. The molecule has 1 aromatic heterocycles. The van der Waals surface area contributed by atoms with Crippen molar-refractivity contribution in [3.05, 3.63) is 72.2 Å². The third kappa shape index (κ3) is 4.64. The van der Waals surface area contributed by atoms with Gasteiger partial charge in [-0.1, -0.05) is 12.1 Å². The Hall–Kier alpha value is -3.88. The highest BCUT2D eigenvalue weighted by atomic mass is 19.1. The molecule has 0 fully saturated rings. The van der Waals surface area contributed by atoms with Crippen LogP contribution in [0.2, 0.25) is 0 Å². The first-order valence-corrected chi connectivity index (χ1v) is 8.14. The first kappa shape index (κ1) is 18.9. The van der Waals surface area contributed by atoms with Crippen LogP contribution in [0.5, 0.6) is 0 Å². The van der Waals surface area contributed by atoms with Crippen molar-refractivity contribution in [3.8, 4) is 0 Å². The van der Waals surface area contributed by atoms with Gasteiger partial charge in [-0.2, -0.15) is 0 Å². The number of nitrogens with one attached hydrogen (secondary N) is 3. The van der Waals surface area contributed by atoms with E-state index in [1.54, 1.807) is 24.3 Å². The molecule has 0 aliphatic heterocycles. The van der Waals surface area contributed by atoms with Crippen molar-refractivity contribution in [1.29, 1.82) is 0 Å². The van der Waals surface area contributed by atoms with E-state index in [1.807, 2.05) is 0 Å². The summed E-state index contributed by atoms with van der Waals surface area (Å²) in [5, 5.41) is 7.77. The fourth-order valence-corrected chi connectivity index (χ4v) is 2.33. The molecule has 0 aliphatic rings. The Balaban J connectivity index is 1.70. The number of hydrogen-bond donors (Lipinski definition) is 3. The fourth-order valence-electron chi connectivity index (χ4n) is 2.33. The summed E-state index contributed by atoms with van der Waals surface area (Å²) >= 11 is 0. The smallest absolute Gasteiger partial charge is 0.276 e. The first-order valence-electron chi connectivity index (χ1n) is 8.14. The van der Waals surface area contributed by atoms with E-state index < -0.39 is 23.2 Å². The number of hydrogen-bond acceptors (Lipinski definition) is 5. The molecule has 0 radical (unpaired) electrons. The van der Waals surface area contributed by atoms with Crippen molar-refractivity contribution >= 4 is 34.7 Å². The molecular formula is C19H15F2N5O2. The van der Waals surface area contributed by atoms with E-state index in [4.69, 9.17) is 0 Å². The van der Waals surface area contributed by atoms with Gasteiger partial charge in [0.05, 0.1) is 12.4 Å². The van der Waals surface area contributed by atoms with Gasteiger partial charge in [0.15, 0.2) is 0 Å². The van der Waals surface area contributed by atoms with Crippen molar-refractivity contribution in [2.45, 2.75) is 6.92 Å². The molecule has 0 atom stereocenters. The zero-order valence-electron chi connectivity index (χ0n) is 14.7. The van der Waals surface area contributed by atoms with Gasteiger partial charge in [-0.15, -0.1) is 0 Å². The SMILES string of the molecule is CC(=O)Nc1cccc(Nc2cnc(C(=O)Nc3c(F)cccc3F)cn2)c1. The molecule has 2 aromatic carbocycles. The number of anilines is 4. The lowest BCUT2D eigenvalue weighted by atomic mass is 10.2. The zero-order chi connectivity index (χ0) is 20.1. The molecule has 0 unspecified atom stereocenters. The molecule has 3 rings (SSSR count). The number of carbonyl (C=O) groups excluding carboxylic acids is 2. The van der Waals surface area contributed by atoms with Gasteiger partial charge >= 0.3 is 0 Å². The van der Waals surface area contributed by atoms with E-state index in [0.717, 1.165) is 12.1 Å².